The second kappa shape index (κ2) is 32.3. The summed E-state index contributed by atoms with van der Waals surface area (Å²) in [5.41, 5.74) is 2.90. The number of nitrogens with one attached hydrogen (secondary N) is 1. The van der Waals surface area contributed by atoms with Crippen LogP contribution in [0.5, 0.6) is 0 Å². The Morgan fingerprint density at radius 3 is 1.93 bits per heavy atom. The number of unbranched alkanes of at least 4 members (excludes halogenated alkanes) is 12. The van der Waals surface area contributed by atoms with Gasteiger partial charge in [-0.25, -0.2) is 9.59 Å². The summed E-state index contributed by atoms with van der Waals surface area (Å²) >= 11 is 0. The Morgan fingerprint density at radius 1 is 0.819 bits per heavy atom. The Balaban J connectivity index is 1.60. The van der Waals surface area contributed by atoms with Crippen LogP contribution >= 0.6 is 0 Å². The molecular weight excluding hydrogens is 937 g/mol. The molecule has 0 unspecified atom stereocenters. The number of ether oxygens (including phenoxy) is 4. The van der Waals surface area contributed by atoms with Crippen molar-refractivity contribution in [1.29, 1.82) is 0 Å². The molecule has 0 bridgehead atoms. The maximum Gasteiger partial charge on any atom is 0.337 e. The van der Waals surface area contributed by atoms with Gasteiger partial charge < -0.3 is 38.0 Å². The van der Waals surface area contributed by atoms with Gasteiger partial charge in [0.1, 0.15) is 6.61 Å². The van der Waals surface area contributed by atoms with E-state index in [1.54, 1.807) is 6.08 Å². The lowest BCUT2D eigenvalue weighted by Gasteiger charge is -2.44. The summed E-state index contributed by atoms with van der Waals surface area (Å²) in [5.74, 6) is -1.23. The standard InChI is InChI=1S/C59H108N2O9Si2/c1-15-41-65-54(62)37-28-26-24-22-20-18-17-19-21-23-25-27-31-42-66-56(63)55-52(36-32-34-49(9)69-71(13,14)58(10,11)12)60-57(64)61-50(38-39-53(55)61)45-59(67-43-33-44-68-59)40-30-29-35-51(16-2)70-72(46(3)4,47(5)6)48(7)8/h15,29,35,46-51,53H,1,16-28,30-34,36-45H2,2-14H3,(H,60,64)/b35-29-/t49-,50+,51+,53+/m1/s1. The third kappa shape index (κ3) is 20.3. The van der Waals surface area contributed by atoms with E-state index in [1.807, 2.05) is 4.90 Å². The third-order valence-electron chi connectivity index (χ3n) is 16.4. The number of allylic oxidation sites excluding steroid dienone is 2. The van der Waals surface area contributed by atoms with Crippen molar-refractivity contribution in [2.75, 3.05) is 26.4 Å². The number of carbonyl (C=O) groups excluding carboxylic acids is 3. The first-order chi connectivity index (χ1) is 34.1. The first-order valence-electron chi connectivity index (χ1n) is 29.2. The maximum atomic E-state index is 14.3. The highest BCUT2D eigenvalue weighted by Gasteiger charge is 2.50. The Kier molecular flexibility index (Phi) is 28.7. The molecule has 2 saturated heterocycles. The van der Waals surface area contributed by atoms with Crippen LogP contribution in [0.15, 0.2) is 36.1 Å². The fraction of sp³-hybridized carbons (Fsp3) is 0.847. The van der Waals surface area contributed by atoms with Crippen LogP contribution in [0.4, 0.5) is 4.79 Å². The molecule has 13 heteroatoms. The van der Waals surface area contributed by atoms with Gasteiger partial charge in [0.15, 0.2) is 14.1 Å². The second-order valence-electron chi connectivity index (χ2n) is 24.0. The normalized spacial score (nSPS) is 19.6. The van der Waals surface area contributed by atoms with E-state index in [0.29, 0.717) is 86.4 Å². The molecule has 3 heterocycles. The molecule has 0 aliphatic carbocycles. The Bertz CT molecular complexity index is 1640. The average Bonchev–Trinajstić information content (AvgIpc) is 3.72. The van der Waals surface area contributed by atoms with Gasteiger partial charge in [-0.1, -0.05) is 165 Å². The van der Waals surface area contributed by atoms with Crippen molar-refractivity contribution in [2.24, 2.45) is 0 Å². The van der Waals surface area contributed by atoms with Crippen LogP contribution in [0.2, 0.25) is 34.8 Å². The molecule has 0 saturated carbocycles. The zero-order valence-corrected chi connectivity index (χ0v) is 50.4. The van der Waals surface area contributed by atoms with Gasteiger partial charge in [-0.05, 0) is 106 Å². The van der Waals surface area contributed by atoms with Crippen LogP contribution in [0.3, 0.4) is 0 Å². The molecule has 0 radical (unpaired) electrons. The molecule has 2 fully saturated rings. The van der Waals surface area contributed by atoms with E-state index in [4.69, 9.17) is 27.8 Å². The van der Waals surface area contributed by atoms with E-state index in [9.17, 15) is 14.4 Å². The van der Waals surface area contributed by atoms with Crippen LogP contribution in [0.1, 0.15) is 230 Å². The van der Waals surface area contributed by atoms with E-state index in [-0.39, 0.29) is 47.3 Å². The van der Waals surface area contributed by atoms with E-state index in [1.165, 1.54) is 51.4 Å². The quantitative estimate of drug-likeness (QED) is 0.0280. The predicted octanol–water partition coefficient (Wildman–Crippen LogP) is 15.9. The molecule has 3 aliphatic rings. The van der Waals surface area contributed by atoms with E-state index in [2.05, 4.69) is 113 Å². The van der Waals surface area contributed by atoms with Gasteiger partial charge in [-0.3, -0.25) is 4.79 Å². The fourth-order valence-corrected chi connectivity index (χ4v) is 18.6. The van der Waals surface area contributed by atoms with Gasteiger partial charge in [0.05, 0.1) is 37.5 Å². The van der Waals surface area contributed by atoms with Gasteiger partial charge >= 0.3 is 18.0 Å². The summed E-state index contributed by atoms with van der Waals surface area (Å²) in [6.07, 6.45) is 29.1. The van der Waals surface area contributed by atoms with Crippen molar-refractivity contribution in [1.82, 2.24) is 10.2 Å². The highest BCUT2D eigenvalue weighted by molar-refractivity contribution is 6.77. The van der Waals surface area contributed by atoms with Crippen LogP contribution in [0, 0.1) is 0 Å². The summed E-state index contributed by atoms with van der Waals surface area (Å²) < 4.78 is 38.1. The minimum atomic E-state index is -2.04. The zero-order valence-electron chi connectivity index (χ0n) is 48.4. The molecule has 72 heavy (non-hydrogen) atoms. The summed E-state index contributed by atoms with van der Waals surface area (Å²) in [6, 6.07) is -0.629. The van der Waals surface area contributed by atoms with Crippen molar-refractivity contribution in [3.63, 3.8) is 0 Å². The van der Waals surface area contributed by atoms with Gasteiger partial charge in [0, 0.05) is 37.1 Å². The van der Waals surface area contributed by atoms with E-state index in [0.717, 1.165) is 70.6 Å². The average molecular weight is 1050 g/mol. The van der Waals surface area contributed by atoms with Crippen LogP contribution < -0.4 is 5.32 Å². The molecule has 0 spiro atoms. The minimum absolute atomic E-state index is 0.0700. The molecular formula is C59H108N2O9Si2. The number of hydrogen-bond donors (Lipinski definition) is 1. The van der Waals surface area contributed by atoms with Crippen LogP contribution in [-0.4, -0.2) is 96.0 Å². The predicted molar refractivity (Wildman–Crippen MR) is 301 cm³/mol. The number of fused-ring (bicyclic) bond motifs is 1. The van der Waals surface area contributed by atoms with Crippen molar-refractivity contribution in [2.45, 2.75) is 295 Å². The second-order valence-corrected chi connectivity index (χ2v) is 34.2. The third-order valence-corrected chi connectivity index (χ3v) is 27.1. The summed E-state index contributed by atoms with van der Waals surface area (Å²) in [7, 11) is -3.97. The number of amides is 2. The van der Waals surface area contributed by atoms with Crippen molar-refractivity contribution >= 4 is 34.6 Å². The maximum absolute atomic E-state index is 14.3. The molecule has 11 nitrogen and oxygen atoms in total. The van der Waals surface area contributed by atoms with Gasteiger partial charge in [-0.15, -0.1) is 0 Å². The molecule has 2 amide bonds. The highest BCUT2D eigenvalue weighted by atomic mass is 28.4. The summed E-state index contributed by atoms with van der Waals surface area (Å²) in [6.45, 7) is 35.3. The molecule has 0 aromatic carbocycles. The highest BCUT2D eigenvalue weighted by Crippen LogP contribution is 2.44. The van der Waals surface area contributed by atoms with Gasteiger partial charge in [0.25, 0.3) is 0 Å². The minimum Gasteiger partial charge on any atom is -0.462 e. The molecule has 3 aliphatic heterocycles. The number of nitrogens with zero attached hydrogens (tertiary/aromatic N) is 1. The van der Waals surface area contributed by atoms with E-state index >= 15 is 0 Å². The topological polar surface area (TPSA) is 122 Å². The summed E-state index contributed by atoms with van der Waals surface area (Å²) in [5, 5.41) is 3.35. The SMILES string of the molecule is C=CCOC(=O)CCCCCCCCCCCCCCCOC(=O)C1=C(CCC[C@@H](C)O[Si](C)(C)C(C)(C)C)NC(=O)N2[C@H](CC3(CC/C=C\[C@H](CC)O[Si](C(C)C)(C(C)C)C(C)C)OCCCO3)CC[C@@H]12. The van der Waals surface area contributed by atoms with Crippen molar-refractivity contribution < 1.29 is 42.2 Å². The molecule has 416 valence electrons. The van der Waals surface area contributed by atoms with E-state index < -0.39 is 22.4 Å². The fourth-order valence-electron chi connectivity index (χ4n) is 11.5. The number of urea groups is 1. The van der Waals surface area contributed by atoms with Gasteiger partial charge in [0.2, 0.25) is 8.32 Å². The molecule has 1 N–H and O–H groups in total. The van der Waals surface area contributed by atoms with Gasteiger partial charge in [-0.2, -0.15) is 0 Å². The number of esters is 2. The number of carbonyl (C=O) groups is 3. The lowest BCUT2D eigenvalue weighted by atomic mass is 9.97. The lowest BCUT2D eigenvalue weighted by Crippen LogP contribution is -2.55. The molecule has 0 aromatic rings. The van der Waals surface area contributed by atoms with Crippen molar-refractivity contribution in [3.8, 4) is 0 Å². The largest absolute Gasteiger partial charge is 0.462 e. The Hall–Kier alpha value is -2.30. The van der Waals surface area contributed by atoms with Crippen molar-refractivity contribution in [3.05, 3.63) is 36.1 Å². The first-order valence-corrected chi connectivity index (χ1v) is 34.3. The lowest BCUT2D eigenvalue weighted by molar-refractivity contribution is -0.277. The molecule has 3 rings (SSSR count). The van der Waals surface area contributed by atoms with Crippen LogP contribution in [-0.2, 0) is 37.4 Å². The Labute approximate surface area is 442 Å². The number of rotatable bonds is 37. The summed E-state index contributed by atoms with van der Waals surface area (Å²) in [4.78, 5) is 42.1. The first kappa shape index (κ1) is 64.0. The monoisotopic (exact) mass is 1040 g/mol. The number of hydrogen-bond acceptors (Lipinski definition) is 9. The molecule has 0 aromatic heterocycles. The zero-order chi connectivity index (χ0) is 53.4. The van der Waals surface area contributed by atoms with Crippen LogP contribution in [0.25, 0.3) is 0 Å². The Morgan fingerprint density at radius 2 is 1.39 bits per heavy atom. The smallest absolute Gasteiger partial charge is 0.337 e. The molecule has 4 atom stereocenters.